The summed E-state index contributed by atoms with van der Waals surface area (Å²) < 4.78 is 6.75. The van der Waals surface area contributed by atoms with E-state index in [1.807, 2.05) is 75.4 Å². The summed E-state index contributed by atoms with van der Waals surface area (Å²) in [7, 11) is 0. The van der Waals surface area contributed by atoms with E-state index in [2.05, 4.69) is 4.98 Å². The number of pyridine rings is 1. The Morgan fingerprint density at radius 3 is 2.54 bits per heavy atom. The van der Waals surface area contributed by atoms with Crippen molar-refractivity contribution in [2.24, 2.45) is 0 Å². The SMILES string of the molecule is CC(C)(C)/[N+]([O-])=C/c1cc2cc(OCc3ccccc3)ccc2nc1Cl. The Morgan fingerprint density at radius 1 is 1.12 bits per heavy atom. The molecule has 3 aromatic rings. The lowest BCUT2D eigenvalue weighted by molar-refractivity contribution is -0.530. The first-order valence-electron chi connectivity index (χ1n) is 8.41. The van der Waals surface area contributed by atoms with Crippen LogP contribution >= 0.6 is 11.6 Å². The minimum absolute atomic E-state index is 0.306. The Kier molecular flexibility index (Phi) is 5.14. The van der Waals surface area contributed by atoms with Gasteiger partial charge in [0.2, 0.25) is 0 Å². The van der Waals surface area contributed by atoms with Gasteiger partial charge in [0.05, 0.1) is 11.1 Å². The van der Waals surface area contributed by atoms with E-state index in [4.69, 9.17) is 16.3 Å². The zero-order valence-electron chi connectivity index (χ0n) is 15.1. The first-order valence-corrected chi connectivity index (χ1v) is 8.79. The number of nitrogens with zero attached hydrogens (tertiary/aromatic N) is 2. The van der Waals surface area contributed by atoms with E-state index >= 15 is 0 Å². The molecule has 0 bridgehead atoms. The Bertz CT molecular complexity index is 947. The summed E-state index contributed by atoms with van der Waals surface area (Å²) in [5, 5.41) is 13.4. The van der Waals surface area contributed by atoms with Crippen LogP contribution in [-0.4, -0.2) is 21.5 Å². The lowest BCUT2D eigenvalue weighted by Gasteiger charge is -2.18. The molecule has 0 atom stereocenters. The minimum atomic E-state index is -0.543. The lowest BCUT2D eigenvalue weighted by atomic mass is 10.1. The summed E-state index contributed by atoms with van der Waals surface area (Å²) >= 11 is 6.24. The van der Waals surface area contributed by atoms with E-state index in [9.17, 15) is 5.21 Å². The molecule has 0 radical (unpaired) electrons. The molecule has 0 unspecified atom stereocenters. The van der Waals surface area contributed by atoms with E-state index in [0.717, 1.165) is 27.0 Å². The highest BCUT2D eigenvalue weighted by molar-refractivity contribution is 6.32. The van der Waals surface area contributed by atoms with Crippen LogP contribution in [0.25, 0.3) is 10.9 Å². The highest BCUT2D eigenvalue weighted by Crippen LogP contribution is 2.24. The third kappa shape index (κ3) is 4.33. The average Bonchev–Trinajstić information content (AvgIpc) is 2.60. The third-order valence-electron chi connectivity index (χ3n) is 3.93. The predicted octanol–water partition coefficient (Wildman–Crippen LogP) is 5.19. The van der Waals surface area contributed by atoms with Crippen molar-refractivity contribution in [3.8, 4) is 5.75 Å². The van der Waals surface area contributed by atoms with Crippen LogP contribution in [0, 0.1) is 5.21 Å². The summed E-state index contributed by atoms with van der Waals surface area (Å²) in [4.78, 5) is 4.38. The minimum Gasteiger partial charge on any atom is -0.623 e. The van der Waals surface area contributed by atoms with E-state index in [1.54, 1.807) is 0 Å². The second-order valence-corrected chi connectivity index (χ2v) is 7.48. The third-order valence-corrected chi connectivity index (χ3v) is 4.24. The molecule has 0 amide bonds. The second kappa shape index (κ2) is 7.34. The van der Waals surface area contributed by atoms with Crippen molar-refractivity contribution in [1.29, 1.82) is 0 Å². The topological polar surface area (TPSA) is 48.2 Å². The maximum Gasteiger partial charge on any atom is 0.185 e. The second-order valence-electron chi connectivity index (χ2n) is 7.12. The number of aromatic nitrogens is 1. The number of benzene rings is 2. The van der Waals surface area contributed by atoms with E-state index < -0.39 is 5.54 Å². The molecule has 0 aliphatic carbocycles. The molecule has 2 aromatic carbocycles. The first-order chi connectivity index (χ1) is 12.3. The zero-order chi connectivity index (χ0) is 18.7. The van der Waals surface area contributed by atoms with Gasteiger partial charge in [0.25, 0.3) is 0 Å². The van der Waals surface area contributed by atoms with Gasteiger partial charge in [-0.1, -0.05) is 41.9 Å². The molecule has 0 saturated carbocycles. The monoisotopic (exact) mass is 368 g/mol. The zero-order valence-corrected chi connectivity index (χ0v) is 15.8. The molecule has 1 aromatic heterocycles. The normalized spacial score (nSPS) is 12.4. The van der Waals surface area contributed by atoms with Crippen molar-refractivity contribution >= 4 is 28.7 Å². The van der Waals surface area contributed by atoms with Gasteiger partial charge in [-0.2, -0.15) is 0 Å². The van der Waals surface area contributed by atoms with Crippen LogP contribution in [0.4, 0.5) is 0 Å². The number of hydroxylamine groups is 1. The summed E-state index contributed by atoms with van der Waals surface area (Å²) in [5.41, 5.74) is 1.90. The molecule has 0 aliphatic rings. The van der Waals surface area contributed by atoms with E-state index in [0.29, 0.717) is 17.3 Å². The Hall–Kier alpha value is -2.59. The molecule has 26 heavy (non-hydrogen) atoms. The van der Waals surface area contributed by atoms with Crippen LogP contribution in [-0.2, 0) is 6.61 Å². The molecular formula is C21H21ClN2O2. The van der Waals surface area contributed by atoms with Crippen LogP contribution in [0.3, 0.4) is 0 Å². The molecule has 5 heteroatoms. The summed E-state index contributed by atoms with van der Waals surface area (Å²) in [6.07, 6.45) is 1.48. The van der Waals surface area contributed by atoms with Crippen molar-refractivity contribution in [2.45, 2.75) is 32.9 Å². The van der Waals surface area contributed by atoms with Crippen molar-refractivity contribution in [3.63, 3.8) is 0 Å². The Morgan fingerprint density at radius 2 is 1.85 bits per heavy atom. The van der Waals surface area contributed by atoms with Crippen LogP contribution in [0.5, 0.6) is 5.75 Å². The fourth-order valence-corrected chi connectivity index (χ4v) is 2.58. The number of hydrogen-bond acceptors (Lipinski definition) is 3. The van der Waals surface area contributed by atoms with Crippen molar-refractivity contribution < 1.29 is 9.48 Å². The predicted molar refractivity (Wildman–Crippen MR) is 106 cm³/mol. The van der Waals surface area contributed by atoms with Gasteiger partial charge >= 0.3 is 0 Å². The molecule has 134 valence electrons. The molecular weight excluding hydrogens is 348 g/mol. The summed E-state index contributed by atoms with van der Waals surface area (Å²) in [6, 6.07) is 17.5. The number of fused-ring (bicyclic) bond motifs is 1. The van der Waals surface area contributed by atoms with Crippen molar-refractivity contribution in [3.05, 3.63) is 76.1 Å². The molecule has 4 nitrogen and oxygen atoms in total. The molecule has 0 spiro atoms. The molecule has 0 N–H and O–H groups in total. The van der Waals surface area contributed by atoms with Gasteiger partial charge < -0.3 is 9.94 Å². The number of hydrogen-bond donors (Lipinski definition) is 0. The summed E-state index contributed by atoms with van der Waals surface area (Å²) in [5.74, 6) is 0.742. The molecule has 1 heterocycles. The smallest absolute Gasteiger partial charge is 0.185 e. The van der Waals surface area contributed by atoms with Crippen LogP contribution in [0.2, 0.25) is 5.15 Å². The van der Waals surface area contributed by atoms with Crippen LogP contribution < -0.4 is 4.74 Å². The highest BCUT2D eigenvalue weighted by Gasteiger charge is 2.19. The first kappa shape index (κ1) is 18.2. The largest absolute Gasteiger partial charge is 0.623 e. The number of halogens is 1. The highest BCUT2D eigenvalue weighted by atomic mass is 35.5. The van der Waals surface area contributed by atoms with Gasteiger partial charge in [0.15, 0.2) is 11.8 Å². The van der Waals surface area contributed by atoms with Crippen molar-refractivity contribution in [2.75, 3.05) is 0 Å². The molecule has 3 rings (SSSR count). The standard InChI is InChI=1S/C21H21ClN2O2/c1-21(2,3)24(25)13-17-11-16-12-18(9-10-19(16)23-20(17)22)26-14-15-7-5-4-6-8-15/h4-13H,14H2,1-3H3/b24-13-. The van der Waals surface area contributed by atoms with Gasteiger partial charge in [-0.05, 0) is 29.8 Å². The Labute approximate surface area is 158 Å². The van der Waals surface area contributed by atoms with Gasteiger partial charge in [-0.15, -0.1) is 0 Å². The Balaban J connectivity index is 1.89. The molecule has 0 aliphatic heterocycles. The van der Waals surface area contributed by atoms with Crippen LogP contribution in [0.1, 0.15) is 31.9 Å². The quantitative estimate of drug-likeness (QED) is 0.209. The fraction of sp³-hybridized carbons (Fsp3) is 0.238. The van der Waals surface area contributed by atoms with Gasteiger partial charge in [0.1, 0.15) is 17.5 Å². The number of rotatable bonds is 4. The van der Waals surface area contributed by atoms with Gasteiger partial charge in [0, 0.05) is 26.2 Å². The van der Waals surface area contributed by atoms with Gasteiger partial charge in [-0.3, -0.25) is 0 Å². The summed E-state index contributed by atoms with van der Waals surface area (Å²) in [6.45, 7) is 6.02. The molecule has 0 fully saturated rings. The van der Waals surface area contributed by atoms with Crippen LogP contribution in [0.15, 0.2) is 54.6 Å². The molecule has 0 saturated heterocycles. The van der Waals surface area contributed by atoms with E-state index in [1.165, 1.54) is 6.21 Å². The maximum atomic E-state index is 12.2. The van der Waals surface area contributed by atoms with E-state index in [-0.39, 0.29) is 0 Å². The number of ether oxygens (including phenoxy) is 1. The van der Waals surface area contributed by atoms with Gasteiger partial charge in [-0.25, -0.2) is 9.72 Å². The lowest BCUT2D eigenvalue weighted by Crippen LogP contribution is -2.29. The van der Waals surface area contributed by atoms with Crippen molar-refractivity contribution in [1.82, 2.24) is 4.98 Å². The average molecular weight is 369 g/mol. The fourth-order valence-electron chi connectivity index (χ4n) is 2.39. The maximum absolute atomic E-state index is 12.2.